The molecule has 4 aromatic carbocycles. The van der Waals surface area contributed by atoms with Crippen molar-refractivity contribution < 1.29 is 29.7 Å². The second kappa shape index (κ2) is 7.84. The first-order valence-electron chi connectivity index (χ1n) is 11.6. The molecule has 0 N–H and O–H groups in total. The van der Waals surface area contributed by atoms with Crippen LogP contribution in [0.4, 0.5) is 0 Å². The molecule has 2 aliphatic carbocycles. The average molecular weight is 516 g/mol. The number of fused-ring (bicyclic) bond motifs is 6. The summed E-state index contributed by atoms with van der Waals surface area (Å²) in [4.78, 5) is 0. The number of allylic oxidation sites excluding steroid dienone is 2. The summed E-state index contributed by atoms with van der Waals surface area (Å²) in [5.74, 6) is 0. The molecule has 1 fully saturated rings. The molecule has 1 aliphatic heterocycles. The zero-order valence-corrected chi connectivity index (χ0v) is 21.4. The van der Waals surface area contributed by atoms with Gasteiger partial charge in [-0.05, 0) is 0 Å². The maximum absolute atomic E-state index is 2.54. The van der Waals surface area contributed by atoms with Gasteiger partial charge in [-0.2, -0.15) is 0 Å². The van der Waals surface area contributed by atoms with Crippen molar-refractivity contribution >= 4 is 33.7 Å². The van der Waals surface area contributed by atoms with Crippen molar-refractivity contribution in [3.05, 3.63) is 106 Å². The first kappa shape index (κ1) is 22.4. The summed E-state index contributed by atoms with van der Waals surface area (Å²) in [6.07, 6.45) is 5.07. The van der Waals surface area contributed by atoms with E-state index in [1.54, 1.807) is 22.3 Å². The molecule has 33 heavy (non-hydrogen) atoms. The van der Waals surface area contributed by atoms with Crippen LogP contribution in [0.15, 0.2) is 83.9 Å². The monoisotopic (exact) mass is 514 g/mol. The quantitative estimate of drug-likeness (QED) is 0.385. The van der Waals surface area contributed by atoms with Crippen molar-refractivity contribution in [1.29, 1.82) is 0 Å². The summed E-state index contributed by atoms with van der Waals surface area (Å²) >= 11 is -2.47. The Labute approximate surface area is 198 Å². The molecule has 4 aromatic rings. The third-order valence-corrected chi connectivity index (χ3v) is 21.8. The van der Waals surface area contributed by atoms with Gasteiger partial charge < -0.3 is 9.41 Å². The van der Waals surface area contributed by atoms with E-state index in [2.05, 4.69) is 98.8 Å². The molecule has 2 atom stereocenters. The molecule has 0 spiro atoms. The number of hydrogen-bond donors (Lipinski definition) is 0. The van der Waals surface area contributed by atoms with Gasteiger partial charge in [0.25, 0.3) is 0 Å². The number of benzene rings is 4. The molecule has 3 aliphatic rings. The Balaban J connectivity index is 0.00000114. The van der Waals surface area contributed by atoms with Crippen LogP contribution in [-0.4, -0.2) is 0 Å². The fraction of sp³-hybridized carbons (Fsp3) is 0.200. The van der Waals surface area contributed by atoms with Crippen molar-refractivity contribution in [2.75, 3.05) is 0 Å². The Morgan fingerprint density at radius 1 is 0.576 bits per heavy atom. The summed E-state index contributed by atoms with van der Waals surface area (Å²) in [7, 11) is 0. The van der Waals surface area contributed by atoms with Gasteiger partial charge in [-0.15, -0.1) is 0 Å². The molecule has 3 heteroatoms. The summed E-state index contributed by atoms with van der Waals surface area (Å²) in [5, 5.41) is 5.63. The Bertz CT molecular complexity index is 1370. The summed E-state index contributed by atoms with van der Waals surface area (Å²) in [5.41, 5.74) is 9.60. The molecule has 0 aromatic heterocycles. The van der Waals surface area contributed by atoms with Gasteiger partial charge in [0.2, 0.25) is 0 Å². The largest absolute Gasteiger partial charge is 1.00 e. The summed E-state index contributed by atoms with van der Waals surface area (Å²) in [6, 6.07) is 27.5. The number of halogens is 2. The van der Waals surface area contributed by atoms with E-state index in [0.29, 0.717) is 0 Å². The zero-order valence-electron chi connectivity index (χ0n) is 18.9. The van der Waals surface area contributed by atoms with Crippen LogP contribution < -0.4 is 9.41 Å². The minimum absolute atomic E-state index is 0. The molecule has 0 radical (unpaired) electrons. The average Bonchev–Trinajstić information content (AvgIpc) is 3.37. The molecule has 0 amide bonds. The third-order valence-electron chi connectivity index (χ3n) is 8.26. The maximum atomic E-state index is 2.54. The van der Waals surface area contributed by atoms with Crippen molar-refractivity contribution in [2.45, 2.75) is 29.4 Å². The van der Waals surface area contributed by atoms with Gasteiger partial charge in [0.1, 0.15) is 0 Å². The van der Waals surface area contributed by atoms with Gasteiger partial charge in [0, 0.05) is 0 Å². The fourth-order valence-corrected chi connectivity index (χ4v) is 24.7. The van der Waals surface area contributed by atoms with Gasteiger partial charge in [-0.1, -0.05) is 0 Å². The van der Waals surface area contributed by atoms with E-state index in [0.717, 1.165) is 7.25 Å². The normalized spacial score (nSPS) is 20.5. The molecular weight excluding hydrogens is 490 g/mol. The molecule has 0 nitrogen and oxygen atoms in total. The molecule has 7 rings (SSSR count). The second-order valence-corrected chi connectivity index (χ2v) is 21.3. The zero-order chi connectivity index (χ0) is 20.7. The minimum Gasteiger partial charge on any atom is -1.00 e. The van der Waals surface area contributed by atoms with Gasteiger partial charge in [-0.3, -0.25) is 0 Å². The van der Waals surface area contributed by atoms with Crippen molar-refractivity contribution in [3.8, 4) is 0 Å². The van der Waals surface area contributed by atoms with Crippen LogP contribution in [0.3, 0.4) is 0 Å². The van der Waals surface area contributed by atoms with Crippen LogP contribution >= 0.6 is 0 Å². The van der Waals surface area contributed by atoms with E-state index in [-0.39, 0.29) is 9.41 Å². The Hall–Kier alpha value is -2.38. The van der Waals surface area contributed by atoms with Crippen LogP contribution in [-0.2, 0) is 20.3 Å². The smallest absolute Gasteiger partial charge is 1.00 e. The van der Waals surface area contributed by atoms with Crippen LogP contribution in [0.25, 0.3) is 33.7 Å². The number of hydrogen-bond acceptors (Lipinski definition) is 0. The van der Waals surface area contributed by atoms with Crippen LogP contribution in [0.1, 0.15) is 43.4 Å². The van der Waals surface area contributed by atoms with Gasteiger partial charge in [0.05, 0.1) is 0 Å². The van der Waals surface area contributed by atoms with Crippen molar-refractivity contribution in [3.63, 3.8) is 0 Å². The van der Waals surface area contributed by atoms with E-state index >= 15 is 0 Å². The maximum Gasteiger partial charge on any atom is -1.00 e. The molecule has 0 saturated carbocycles. The first-order valence-corrected chi connectivity index (χ1v) is 17.9. The van der Waals surface area contributed by atoms with E-state index < -0.39 is 20.3 Å². The van der Waals surface area contributed by atoms with Gasteiger partial charge in [-0.25, -0.2) is 0 Å². The molecule has 1 heterocycles. The van der Waals surface area contributed by atoms with Crippen LogP contribution in [0.2, 0.25) is 8.26 Å². The molecule has 1 saturated heterocycles. The summed E-state index contributed by atoms with van der Waals surface area (Å²) < 4.78 is 4.53. The topological polar surface area (TPSA) is 0 Å². The standard InChI is InChI=1S/2C14H11.C2H4.2FH.Zr/c2*1-10-8-12-7-6-11-4-2-3-5-13(11)14(12)9-10;1-2;;;/h2*2-9H,1H3;1-2H2;2*1H;/q;;;;;+2/p-2. The molecule has 2 unspecified atom stereocenters. The minimum atomic E-state index is -2.47. The SMILES string of the molecule is CC1=Cc2c(ccc3ccccc23)[CH]1[Zr+2]1([CH]2C(C)=Cc3c2ccc2ccccc32)[CH2][CH2]1.[F-].[F-]. The predicted molar refractivity (Wildman–Crippen MR) is 130 cm³/mol. The number of rotatable bonds is 2. The third kappa shape index (κ3) is 3.01. The van der Waals surface area contributed by atoms with Crippen LogP contribution in [0, 0.1) is 0 Å². The molecular formula is C30H26F2Zr. The van der Waals surface area contributed by atoms with Gasteiger partial charge in [0.15, 0.2) is 0 Å². The Morgan fingerprint density at radius 3 is 1.42 bits per heavy atom. The Morgan fingerprint density at radius 2 is 1.00 bits per heavy atom. The van der Waals surface area contributed by atoms with Gasteiger partial charge >= 0.3 is 190 Å². The first-order chi connectivity index (χ1) is 15.2. The Kier molecular flexibility index (Phi) is 5.33. The van der Waals surface area contributed by atoms with E-state index in [1.807, 2.05) is 0 Å². The van der Waals surface area contributed by atoms with Crippen molar-refractivity contribution in [1.82, 2.24) is 0 Å². The molecule has 164 valence electrons. The van der Waals surface area contributed by atoms with Crippen molar-refractivity contribution in [2.24, 2.45) is 0 Å². The fourth-order valence-electron chi connectivity index (χ4n) is 6.98. The van der Waals surface area contributed by atoms with E-state index in [4.69, 9.17) is 0 Å². The van der Waals surface area contributed by atoms with E-state index in [9.17, 15) is 0 Å². The van der Waals surface area contributed by atoms with Crippen LogP contribution in [0.5, 0.6) is 0 Å². The second-order valence-electron chi connectivity index (χ2n) is 9.96. The summed E-state index contributed by atoms with van der Waals surface area (Å²) in [6.45, 7) is 4.84. The predicted octanol–water partition coefficient (Wildman–Crippen LogP) is 2.62. The van der Waals surface area contributed by atoms with E-state index in [1.165, 1.54) is 40.9 Å². The molecule has 0 bridgehead atoms.